The molecule has 0 aromatic carbocycles. The highest BCUT2D eigenvalue weighted by atomic mass is 15.2. The van der Waals surface area contributed by atoms with Gasteiger partial charge in [0.25, 0.3) is 0 Å². The Hall–Kier alpha value is -0.630. The predicted octanol–water partition coefficient (Wildman–Crippen LogP) is 1.58. The Bertz CT molecular complexity index is 386. The third-order valence-electron chi connectivity index (χ3n) is 5.55. The summed E-state index contributed by atoms with van der Waals surface area (Å²) in [7, 11) is 4.50. The van der Waals surface area contributed by atoms with Crippen molar-refractivity contribution < 1.29 is 0 Å². The predicted molar refractivity (Wildman–Crippen MR) is 80.4 cm³/mol. The molecule has 3 unspecified atom stereocenters. The number of likely N-dealkylation sites (N-methyl/N-ethyl adjacent to an activating group) is 2. The van der Waals surface area contributed by atoms with Gasteiger partial charge in [-0.1, -0.05) is 0 Å². The highest BCUT2D eigenvalue weighted by Crippen LogP contribution is 2.36. The summed E-state index contributed by atoms with van der Waals surface area (Å²) in [6.07, 6.45) is 8.39. The molecular formula is C16H28N4. The van der Waals surface area contributed by atoms with Gasteiger partial charge < -0.3 is 9.80 Å². The maximum absolute atomic E-state index is 9.58. The van der Waals surface area contributed by atoms with Gasteiger partial charge in [0.15, 0.2) is 0 Å². The zero-order chi connectivity index (χ0) is 14.2. The number of nitrogens with one attached hydrogen (secondary N) is 1. The maximum Gasteiger partial charge on any atom is 0.108 e. The average molecular weight is 276 g/mol. The first-order valence-electron chi connectivity index (χ1n) is 8.21. The molecule has 0 aromatic rings. The summed E-state index contributed by atoms with van der Waals surface area (Å²) in [4.78, 5) is 5.01. The third kappa shape index (κ3) is 3.00. The molecule has 3 aliphatic rings. The Morgan fingerprint density at radius 1 is 1.35 bits per heavy atom. The average Bonchev–Trinajstić information content (AvgIpc) is 2.99. The van der Waals surface area contributed by atoms with Crippen LogP contribution in [0, 0.1) is 11.3 Å². The summed E-state index contributed by atoms with van der Waals surface area (Å²) in [5.41, 5.74) is -0.234. The molecule has 4 heteroatoms. The van der Waals surface area contributed by atoms with Gasteiger partial charge in [-0.15, -0.1) is 0 Å². The Labute approximate surface area is 123 Å². The van der Waals surface area contributed by atoms with Crippen molar-refractivity contribution in [2.24, 2.45) is 0 Å². The van der Waals surface area contributed by atoms with Crippen LogP contribution in [-0.4, -0.2) is 60.6 Å². The fourth-order valence-electron chi connectivity index (χ4n) is 3.97. The summed E-state index contributed by atoms with van der Waals surface area (Å²) < 4.78 is 0. The fourth-order valence-corrected chi connectivity index (χ4v) is 3.97. The van der Waals surface area contributed by atoms with E-state index >= 15 is 0 Å². The van der Waals surface area contributed by atoms with Crippen LogP contribution in [0.25, 0.3) is 0 Å². The number of nitriles is 1. The number of likely N-dealkylation sites (tertiary alicyclic amines) is 1. The summed E-state index contributed by atoms with van der Waals surface area (Å²) in [5.74, 6) is 0. The molecule has 4 nitrogen and oxygen atoms in total. The minimum absolute atomic E-state index is 0.234. The van der Waals surface area contributed by atoms with Crippen molar-refractivity contribution in [3.63, 3.8) is 0 Å². The lowest BCUT2D eigenvalue weighted by Crippen LogP contribution is -2.46. The van der Waals surface area contributed by atoms with Crippen molar-refractivity contribution in [2.75, 3.05) is 27.2 Å². The van der Waals surface area contributed by atoms with Gasteiger partial charge in [-0.3, -0.25) is 5.32 Å². The summed E-state index contributed by atoms with van der Waals surface area (Å²) >= 11 is 0. The van der Waals surface area contributed by atoms with Gasteiger partial charge in [0.05, 0.1) is 6.07 Å². The summed E-state index contributed by atoms with van der Waals surface area (Å²) in [6, 6.07) is 4.51. The zero-order valence-electron chi connectivity index (χ0n) is 12.9. The van der Waals surface area contributed by atoms with Crippen LogP contribution in [0.4, 0.5) is 0 Å². The van der Waals surface area contributed by atoms with Crippen molar-refractivity contribution in [3.8, 4) is 6.07 Å². The van der Waals surface area contributed by atoms with Gasteiger partial charge in [-0.05, 0) is 65.6 Å². The topological polar surface area (TPSA) is 42.3 Å². The second kappa shape index (κ2) is 5.63. The van der Waals surface area contributed by atoms with Crippen LogP contribution in [0.15, 0.2) is 0 Å². The number of nitrogens with zero attached hydrogens (tertiary/aromatic N) is 3. The molecular weight excluding hydrogens is 248 g/mol. The van der Waals surface area contributed by atoms with E-state index in [9.17, 15) is 5.26 Å². The molecule has 0 amide bonds. The molecule has 1 saturated heterocycles. The molecule has 0 bridgehead atoms. The van der Waals surface area contributed by atoms with Crippen LogP contribution >= 0.6 is 0 Å². The van der Waals surface area contributed by atoms with Crippen molar-refractivity contribution in [2.45, 2.75) is 68.6 Å². The molecule has 3 atom stereocenters. The lowest BCUT2D eigenvalue weighted by molar-refractivity contribution is 0.174. The van der Waals surface area contributed by atoms with Crippen molar-refractivity contribution >= 4 is 0 Å². The van der Waals surface area contributed by atoms with Crippen molar-refractivity contribution in [1.29, 1.82) is 5.26 Å². The van der Waals surface area contributed by atoms with E-state index in [1.807, 2.05) is 0 Å². The molecule has 2 aliphatic carbocycles. The summed E-state index contributed by atoms with van der Waals surface area (Å²) in [5, 5.41) is 13.2. The van der Waals surface area contributed by atoms with E-state index in [4.69, 9.17) is 0 Å². The first-order chi connectivity index (χ1) is 9.62. The lowest BCUT2D eigenvalue weighted by Gasteiger charge is -2.31. The van der Waals surface area contributed by atoms with Crippen LogP contribution in [-0.2, 0) is 0 Å². The van der Waals surface area contributed by atoms with Crippen LogP contribution < -0.4 is 5.32 Å². The molecule has 0 spiro atoms. The lowest BCUT2D eigenvalue weighted by atomic mass is 9.99. The molecule has 1 aliphatic heterocycles. The van der Waals surface area contributed by atoms with E-state index in [1.54, 1.807) is 0 Å². The third-order valence-corrected chi connectivity index (χ3v) is 5.55. The van der Waals surface area contributed by atoms with E-state index in [0.717, 1.165) is 19.4 Å². The monoisotopic (exact) mass is 276 g/mol. The van der Waals surface area contributed by atoms with Gasteiger partial charge in [-0.25, -0.2) is 0 Å². The van der Waals surface area contributed by atoms with Gasteiger partial charge in [0, 0.05) is 24.7 Å². The van der Waals surface area contributed by atoms with Crippen molar-refractivity contribution in [1.82, 2.24) is 15.1 Å². The molecule has 112 valence electrons. The highest BCUT2D eigenvalue weighted by molar-refractivity contribution is 5.15. The van der Waals surface area contributed by atoms with Gasteiger partial charge >= 0.3 is 0 Å². The highest BCUT2D eigenvalue weighted by Gasteiger charge is 2.44. The maximum atomic E-state index is 9.58. The minimum Gasteiger partial charge on any atom is -0.302 e. The molecule has 3 rings (SSSR count). The quantitative estimate of drug-likeness (QED) is 0.828. The number of hydrogen-bond donors (Lipinski definition) is 1. The molecule has 2 saturated carbocycles. The molecule has 0 radical (unpaired) electrons. The second-order valence-corrected chi connectivity index (χ2v) is 7.23. The zero-order valence-corrected chi connectivity index (χ0v) is 12.9. The van der Waals surface area contributed by atoms with Crippen LogP contribution in [0.5, 0.6) is 0 Å². The van der Waals surface area contributed by atoms with Crippen LogP contribution in [0.3, 0.4) is 0 Å². The first kappa shape index (κ1) is 14.3. The largest absolute Gasteiger partial charge is 0.302 e. The molecule has 1 N–H and O–H groups in total. The Morgan fingerprint density at radius 3 is 2.75 bits per heavy atom. The minimum atomic E-state index is -0.234. The van der Waals surface area contributed by atoms with E-state index < -0.39 is 0 Å². The Kier molecular flexibility index (Phi) is 4.03. The normalized spacial score (nSPS) is 38.5. The standard InChI is InChI=1S/C16H28N4/c1-19-9-3-4-15(19)11-20(2)14-7-8-16(10-14,12-17)18-13-5-6-13/h13-15,18H,3-11H2,1-2H3. The number of hydrogen-bond acceptors (Lipinski definition) is 4. The van der Waals surface area contributed by atoms with Crippen LogP contribution in [0.1, 0.15) is 44.9 Å². The van der Waals surface area contributed by atoms with E-state index in [-0.39, 0.29) is 5.54 Å². The molecule has 3 fully saturated rings. The second-order valence-electron chi connectivity index (χ2n) is 7.23. The number of rotatable bonds is 5. The van der Waals surface area contributed by atoms with E-state index in [0.29, 0.717) is 18.1 Å². The van der Waals surface area contributed by atoms with Crippen molar-refractivity contribution in [3.05, 3.63) is 0 Å². The molecule has 1 heterocycles. The molecule has 20 heavy (non-hydrogen) atoms. The van der Waals surface area contributed by atoms with Gasteiger partial charge in [0.2, 0.25) is 0 Å². The Morgan fingerprint density at radius 2 is 2.15 bits per heavy atom. The Balaban J connectivity index is 1.54. The molecule has 0 aromatic heterocycles. The van der Waals surface area contributed by atoms with Gasteiger partial charge in [0.1, 0.15) is 5.54 Å². The van der Waals surface area contributed by atoms with Crippen LogP contribution in [0.2, 0.25) is 0 Å². The summed E-state index contributed by atoms with van der Waals surface area (Å²) in [6.45, 7) is 2.40. The van der Waals surface area contributed by atoms with E-state index in [2.05, 4.69) is 35.3 Å². The fraction of sp³-hybridized carbons (Fsp3) is 0.938. The van der Waals surface area contributed by atoms with Gasteiger partial charge in [-0.2, -0.15) is 5.26 Å². The SMILES string of the molecule is CN1CCCC1CN(C)C1CCC(C#N)(NC2CC2)C1. The first-order valence-corrected chi connectivity index (χ1v) is 8.21. The van der Waals surface area contributed by atoms with E-state index in [1.165, 1.54) is 38.6 Å². The smallest absolute Gasteiger partial charge is 0.108 e.